The number of carbonyl (C=O) groups is 1. The molecule has 2 atom stereocenters. The number of rotatable bonds is 21. The average molecular weight is 489 g/mol. The van der Waals surface area contributed by atoms with E-state index < -0.39 is 36.8 Å². The van der Waals surface area contributed by atoms with E-state index in [1.165, 1.54) is 77.0 Å². The number of hydrogen-bond donors (Lipinski definition) is 4. The molecule has 1 aliphatic heterocycles. The molecule has 1 rings (SSSR count). The fraction of sp³-hybridized carbons (Fsp3) is 0.963. The van der Waals surface area contributed by atoms with Crippen molar-refractivity contribution in [2.75, 3.05) is 39.6 Å². The van der Waals surface area contributed by atoms with Gasteiger partial charge in [0.05, 0.1) is 50.0 Å². The standard InChI is InChI=1S/C27H52O7/c1-2-3-4-5-6-7-8-9-10-11-12-13-14-15-16-17-24(31)34-23-27(20-30)22-33-21-26(18-28,19-29)25(27)32/h25,28-30,32H,2-23H2,1H3. The first-order chi connectivity index (χ1) is 16.5. The number of carbonyl (C=O) groups excluding carboxylic acids is 1. The fourth-order valence-electron chi connectivity index (χ4n) is 4.81. The van der Waals surface area contributed by atoms with Gasteiger partial charge in [-0.25, -0.2) is 0 Å². The van der Waals surface area contributed by atoms with Gasteiger partial charge in [-0.05, 0) is 6.42 Å². The van der Waals surface area contributed by atoms with E-state index in [1.807, 2.05) is 0 Å². The third-order valence-corrected chi connectivity index (χ3v) is 7.39. The van der Waals surface area contributed by atoms with E-state index in [1.54, 1.807) is 0 Å². The van der Waals surface area contributed by atoms with Gasteiger partial charge in [-0.1, -0.05) is 96.8 Å². The third kappa shape index (κ3) is 10.9. The van der Waals surface area contributed by atoms with Crippen LogP contribution in [0.5, 0.6) is 0 Å². The van der Waals surface area contributed by atoms with Gasteiger partial charge in [-0.3, -0.25) is 4.79 Å². The highest BCUT2D eigenvalue weighted by molar-refractivity contribution is 5.69. The lowest BCUT2D eigenvalue weighted by molar-refractivity contribution is -0.232. The van der Waals surface area contributed by atoms with Crippen LogP contribution >= 0.6 is 0 Å². The van der Waals surface area contributed by atoms with Crippen LogP contribution in [-0.2, 0) is 14.3 Å². The molecule has 0 aromatic heterocycles. The molecular weight excluding hydrogens is 436 g/mol. The molecule has 1 heterocycles. The number of unbranched alkanes of at least 4 members (excludes halogenated alkanes) is 14. The summed E-state index contributed by atoms with van der Waals surface area (Å²) in [5.41, 5.74) is -2.52. The first kappa shape index (κ1) is 31.3. The number of esters is 1. The highest BCUT2D eigenvalue weighted by atomic mass is 16.5. The molecule has 0 amide bonds. The Morgan fingerprint density at radius 2 is 1.15 bits per heavy atom. The van der Waals surface area contributed by atoms with Crippen molar-refractivity contribution >= 4 is 5.97 Å². The lowest BCUT2D eigenvalue weighted by atomic mass is 9.68. The zero-order valence-corrected chi connectivity index (χ0v) is 21.6. The molecule has 0 aliphatic carbocycles. The zero-order chi connectivity index (χ0) is 25.1. The van der Waals surface area contributed by atoms with Crippen molar-refractivity contribution in [1.82, 2.24) is 0 Å². The molecule has 0 aromatic rings. The maximum atomic E-state index is 12.2. The molecular formula is C27H52O7. The second-order valence-electron chi connectivity index (χ2n) is 10.5. The summed E-state index contributed by atoms with van der Waals surface area (Å²) in [6.07, 6.45) is 18.0. The summed E-state index contributed by atoms with van der Waals surface area (Å²) >= 11 is 0. The molecule has 0 spiro atoms. The number of aliphatic hydroxyl groups is 4. The largest absolute Gasteiger partial charge is 0.465 e. The summed E-state index contributed by atoms with van der Waals surface area (Å²) in [7, 11) is 0. The predicted octanol–water partition coefficient (Wildman–Crippen LogP) is 4.13. The van der Waals surface area contributed by atoms with Gasteiger partial charge in [-0.2, -0.15) is 0 Å². The molecule has 34 heavy (non-hydrogen) atoms. The monoisotopic (exact) mass is 488 g/mol. The van der Waals surface area contributed by atoms with Crippen molar-refractivity contribution < 1.29 is 34.7 Å². The number of aliphatic hydroxyl groups excluding tert-OH is 4. The molecule has 0 saturated carbocycles. The third-order valence-electron chi connectivity index (χ3n) is 7.39. The molecule has 2 unspecified atom stereocenters. The maximum absolute atomic E-state index is 12.2. The van der Waals surface area contributed by atoms with Crippen molar-refractivity contribution in [2.45, 2.75) is 116 Å². The molecule has 7 nitrogen and oxygen atoms in total. The van der Waals surface area contributed by atoms with E-state index in [2.05, 4.69) is 6.92 Å². The molecule has 1 aliphatic rings. The van der Waals surface area contributed by atoms with Gasteiger partial charge in [0.25, 0.3) is 0 Å². The van der Waals surface area contributed by atoms with E-state index in [0.29, 0.717) is 6.42 Å². The quantitative estimate of drug-likeness (QED) is 0.142. The Morgan fingerprint density at radius 3 is 1.59 bits per heavy atom. The lowest BCUT2D eigenvalue weighted by Crippen LogP contribution is -2.62. The molecule has 7 heteroatoms. The van der Waals surface area contributed by atoms with E-state index in [0.717, 1.165) is 19.3 Å². The number of ether oxygens (including phenoxy) is 2. The Bertz CT molecular complexity index is 509. The van der Waals surface area contributed by atoms with Crippen molar-refractivity contribution in [1.29, 1.82) is 0 Å². The summed E-state index contributed by atoms with van der Waals surface area (Å²) in [5.74, 6) is -0.362. The molecule has 1 fully saturated rings. The Balaban J connectivity index is 2.06. The smallest absolute Gasteiger partial charge is 0.305 e. The van der Waals surface area contributed by atoms with Crippen LogP contribution in [0.1, 0.15) is 110 Å². The predicted molar refractivity (Wildman–Crippen MR) is 133 cm³/mol. The molecule has 202 valence electrons. The van der Waals surface area contributed by atoms with Crippen LogP contribution < -0.4 is 0 Å². The van der Waals surface area contributed by atoms with Gasteiger partial charge in [0.1, 0.15) is 6.61 Å². The Labute approximate surface area is 207 Å². The lowest BCUT2D eigenvalue weighted by Gasteiger charge is -2.49. The van der Waals surface area contributed by atoms with E-state index in [4.69, 9.17) is 9.47 Å². The van der Waals surface area contributed by atoms with E-state index in [9.17, 15) is 25.2 Å². The topological polar surface area (TPSA) is 116 Å². The normalized spacial score (nSPS) is 22.1. The Hall–Kier alpha value is -0.730. The molecule has 0 bridgehead atoms. The molecule has 0 radical (unpaired) electrons. The van der Waals surface area contributed by atoms with Crippen molar-refractivity contribution in [3.05, 3.63) is 0 Å². The minimum absolute atomic E-state index is 0.00133. The average Bonchev–Trinajstić information content (AvgIpc) is 2.86. The second kappa shape index (κ2) is 18.5. The zero-order valence-electron chi connectivity index (χ0n) is 21.6. The maximum Gasteiger partial charge on any atom is 0.305 e. The fourth-order valence-corrected chi connectivity index (χ4v) is 4.81. The molecule has 1 saturated heterocycles. The molecule has 4 N–H and O–H groups in total. The van der Waals surface area contributed by atoms with Crippen molar-refractivity contribution in [3.63, 3.8) is 0 Å². The Kier molecular flexibility index (Phi) is 17.1. The van der Waals surface area contributed by atoms with Gasteiger partial charge in [0, 0.05) is 6.42 Å². The van der Waals surface area contributed by atoms with Gasteiger partial charge < -0.3 is 29.9 Å². The van der Waals surface area contributed by atoms with Crippen molar-refractivity contribution in [2.24, 2.45) is 10.8 Å². The minimum Gasteiger partial charge on any atom is -0.465 e. The highest BCUT2D eigenvalue weighted by Gasteiger charge is 2.54. The van der Waals surface area contributed by atoms with Crippen LogP contribution in [0.3, 0.4) is 0 Å². The first-order valence-electron chi connectivity index (χ1n) is 13.7. The van der Waals surface area contributed by atoms with Crippen LogP contribution in [0.2, 0.25) is 0 Å². The van der Waals surface area contributed by atoms with Crippen LogP contribution in [-0.4, -0.2) is 72.1 Å². The SMILES string of the molecule is CCCCCCCCCCCCCCCCCC(=O)OCC1(CO)COCC(CO)(CO)C1O. The summed E-state index contributed by atoms with van der Waals surface area (Å²) in [6.45, 7) is 0.590. The van der Waals surface area contributed by atoms with Gasteiger partial charge in [-0.15, -0.1) is 0 Å². The number of hydrogen-bond acceptors (Lipinski definition) is 7. The summed E-state index contributed by atoms with van der Waals surface area (Å²) in [5, 5.41) is 39.8. The van der Waals surface area contributed by atoms with Crippen LogP contribution in [0.4, 0.5) is 0 Å². The minimum atomic E-state index is -1.28. The van der Waals surface area contributed by atoms with Crippen LogP contribution in [0.25, 0.3) is 0 Å². The van der Waals surface area contributed by atoms with Crippen LogP contribution in [0, 0.1) is 10.8 Å². The first-order valence-corrected chi connectivity index (χ1v) is 13.7. The van der Waals surface area contributed by atoms with Gasteiger partial charge in [0.15, 0.2) is 0 Å². The summed E-state index contributed by atoms with van der Waals surface area (Å²) < 4.78 is 10.8. The second-order valence-corrected chi connectivity index (χ2v) is 10.5. The van der Waals surface area contributed by atoms with E-state index in [-0.39, 0.29) is 25.8 Å². The highest BCUT2D eigenvalue weighted by Crippen LogP contribution is 2.40. The summed E-state index contributed by atoms with van der Waals surface area (Å²) in [4.78, 5) is 12.2. The summed E-state index contributed by atoms with van der Waals surface area (Å²) in [6, 6.07) is 0. The van der Waals surface area contributed by atoms with Crippen LogP contribution in [0.15, 0.2) is 0 Å². The van der Waals surface area contributed by atoms with Gasteiger partial charge >= 0.3 is 5.97 Å². The Morgan fingerprint density at radius 1 is 0.735 bits per heavy atom. The van der Waals surface area contributed by atoms with Crippen molar-refractivity contribution in [3.8, 4) is 0 Å². The molecule has 0 aromatic carbocycles. The van der Waals surface area contributed by atoms with Gasteiger partial charge in [0.2, 0.25) is 0 Å². The van der Waals surface area contributed by atoms with E-state index >= 15 is 0 Å².